The minimum atomic E-state index is -1.32. The largest absolute Gasteiger partial charge is 0.481 e. The van der Waals surface area contributed by atoms with Gasteiger partial charge >= 0.3 is 17.9 Å². The van der Waals surface area contributed by atoms with Gasteiger partial charge in [0.05, 0.1) is 0 Å². The number of primary amides is 1. The summed E-state index contributed by atoms with van der Waals surface area (Å²) in [6.07, 6.45) is -0.935. The molecule has 11 heteroatoms. The van der Waals surface area contributed by atoms with E-state index in [4.69, 9.17) is 33.3 Å². The molecule has 22 heavy (non-hydrogen) atoms. The fourth-order valence-electron chi connectivity index (χ4n) is 1.43. The lowest BCUT2D eigenvalue weighted by Crippen LogP contribution is -2.51. The Kier molecular flexibility index (Phi) is 8.45. The minimum absolute atomic E-state index is 0.126. The second kappa shape index (κ2) is 9.50. The topological polar surface area (TPSA) is 179 Å². The number of nitrogens with one attached hydrogen (secondary N) is 2. The molecule has 0 heterocycles. The summed E-state index contributed by atoms with van der Waals surface area (Å²) in [5, 5.41) is 30.8. The zero-order chi connectivity index (χ0) is 17.3. The van der Waals surface area contributed by atoms with Gasteiger partial charge in [-0.05, 0) is 25.1 Å². The van der Waals surface area contributed by atoms with Crippen molar-refractivity contribution >= 4 is 41.1 Å². The number of amides is 1. The lowest BCUT2D eigenvalue weighted by molar-refractivity contribution is -0.141. The van der Waals surface area contributed by atoms with E-state index in [9.17, 15) is 19.2 Å². The van der Waals surface area contributed by atoms with Crippen LogP contribution in [0, 0.1) is 0 Å². The van der Waals surface area contributed by atoms with Crippen molar-refractivity contribution in [1.82, 2.24) is 10.6 Å². The van der Waals surface area contributed by atoms with Crippen molar-refractivity contribution in [1.29, 1.82) is 0 Å². The fourth-order valence-corrected chi connectivity index (χ4v) is 1.71. The van der Waals surface area contributed by atoms with Crippen LogP contribution < -0.4 is 16.4 Å². The van der Waals surface area contributed by atoms with Gasteiger partial charge in [0.2, 0.25) is 5.91 Å². The molecule has 0 radical (unpaired) electrons. The molecule has 0 unspecified atom stereocenters. The van der Waals surface area contributed by atoms with E-state index < -0.39 is 42.3 Å². The first-order valence-corrected chi connectivity index (χ1v) is 6.57. The Balaban J connectivity index is 4.57. The maximum atomic E-state index is 11.0. The van der Waals surface area contributed by atoms with Gasteiger partial charge in [-0.1, -0.05) is 0 Å². The molecule has 1 amide bonds. The van der Waals surface area contributed by atoms with Crippen LogP contribution in [0.15, 0.2) is 0 Å². The monoisotopic (exact) mass is 335 g/mol. The molecule has 0 aliphatic heterocycles. The van der Waals surface area contributed by atoms with Crippen LogP contribution in [0.25, 0.3) is 0 Å². The van der Waals surface area contributed by atoms with Crippen LogP contribution in [0.4, 0.5) is 0 Å². The second-order valence-corrected chi connectivity index (χ2v) is 4.75. The first-order valence-electron chi connectivity index (χ1n) is 6.16. The SMILES string of the molecule is NC(=O)CC[C@H](NC(=S)N[C@@H](CCC(=O)O)C(=O)O)C(=O)O. The highest BCUT2D eigenvalue weighted by atomic mass is 32.1. The molecule has 0 bridgehead atoms. The molecule has 10 nitrogen and oxygen atoms in total. The predicted octanol–water partition coefficient (Wildman–Crippen LogP) is -1.51. The zero-order valence-corrected chi connectivity index (χ0v) is 12.3. The normalized spacial score (nSPS) is 12.7. The molecule has 0 aromatic heterocycles. The van der Waals surface area contributed by atoms with Crippen molar-refractivity contribution in [3.05, 3.63) is 0 Å². The van der Waals surface area contributed by atoms with Gasteiger partial charge in [-0.25, -0.2) is 9.59 Å². The van der Waals surface area contributed by atoms with Crippen molar-refractivity contribution < 1.29 is 34.5 Å². The second-order valence-electron chi connectivity index (χ2n) is 4.34. The smallest absolute Gasteiger partial charge is 0.326 e. The third-order valence-corrected chi connectivity index (χ3v) is 2.77. The van der Waals surface area contributed by atoms with Crippen LogP contribution in [0.5, 0.6) is 0 Å². The van der Waals surface area contributed by atoms with Gasteiger partial charge in [0.15, 0.2) is 5.11 Å². The van der Waals surface area contributed by atoms with E-state index in [1.165, 1.54) is 0 Å². The highest BCUT2D eigenvalue weighted by Crippen LogP contribution is 2.00. The van der Waals surface area contributed by atoms with E-state index in [2.05, 4.69) is 10.6 Å². The van der Waals surface area contributed by atoms with E-state index in [0.717, 1.165) is 0 Å². The molecular formula is C11H17N3O7S. The van der Waals surface area contributed by atoms with E-state index in [1.54, 1.807) is 0 Å². The molecule has 0 aliphatic rings. The molecule has 0 spiro atoms. The van der Waals surface area contributed by atoms with Gasteiger partial charge in [0.1, 0.15) is 12.1 Å². The third-order valence-electron chi connectivity index (χ3n) is 2.53. The molecule has 7 N–H and O–H groups in total. The molecule has 2 atom stereocenters. The van der Waals surface area contributed by atoms with Crippen LogP contribution >= 0.6 is 12.2 Å². The summed E-state index contributed by atoms with van der Waals surface area (Å²) >= 11 is 4.79. The lowest BCUT2D eigenvalue weighted by Gasteiger charge is -2.20. The summed E-state index contributed by atoms with van der Waals surface area (Å²) in [5.74, 6) is -4.47. The van der Waals surface area contributed by atoms with Gasteiger partial charge in [0, 0.05) is 12.8 Å². The van der Waals surface area contributed by atoms with Gasteiger partial charge < -0.3 is 31.7 Å². The lowest BCUT2D eigenvalue weighted by atomic mass is 10.1. The number of nitrogens with two attached hydrogens (primary N) is 1. The molecule has 0 aromatic rings. The van der Waals surface area contributed by atoms with Gasteiger partial charge in [-0.3, -0.25) is 9.59 Å². The van der Waals surface area contributed by atoms with Crippen LogP contribution in [0.2, 0.25) is 0 Å². The van der Waals surface area contributed by atoms with Crippen molar-refractivity contribution in [2.45, 2.75) is 37.8 Å². The van der Waals surface area contributed by atoms with E-state index in [0.29, 0.717) is 0 Å². The van der Waals surface area contributed by atoms with Crippen molar-refractivity contribution in [3.63, 3.8) is 0 Å². The van der Waals surface area contributed by atoms with Crippen LogP contribution in [0.3, 0.4) is 0 Å². The zero-order valence-electron chi connectivity index (χ0n) is 11.4. The summed E-state index contributed by atoms with van der Waals surface area (Å²) in [6.45, 7) is 0. The number of carboxylic acid groups (broad SMARTS) is 3. The molecular weight excluding hydrogens is 318 g/mol. The molecule has 0 aliphatic carbocycles. The number of carbonyl (C=O) groups excluding carboxylic acids is 1. The Morgan fingerprint density at radius 3 is 1.64 bits per heavy atom. The fraction of sp³-hybridized carbons (Fsp3) is 0.545. The quantitative estimate of drug-likeness (QED) is 0.257. The maximum absolute atomic E-state index is 11.0. The minimum Gasteiger partial charge on any atom is -0.481 e. The number of thiocarbonyl (C=S) groups is 1. The van der Waals surface area contributed by atoms with Crippen molar-refractivity contribution in [2.75, 3.05) is 0 Å². The highest BCUT2D eigenvalue weighted by molar-refractivity contribution is 7.80. The van der Waals surface area contributed by atoms with Gasteiger partial charge in [-0.15, -0.1) is 0 Å². The van der Waals surface area contributed by atoms with Gasteiger partial charge in [-0.2, -0.15) is 0 Å². The van der Waals surface area contributed by atoms with Crippen molar-refractivity contribution in [2.24, 2.45) is 5.73 Å². The number of rotatable bonds is 10. The molecule has 0 fully saturated rings. The Bertz CT molecular complexity index is 429. The molecule has 124 valence electrons. The Morgan fingerprint density at radius 1 is 0.909 bits per heavy atom. The Labute approximate surface area is 130 Å². The summed E-state index contributed by atoms with van der Waals surface area (Å²) in [5.41, 5.74) is 4.92. The van der Waals surface area contributed by atoms with Crippen LogP contribution in [-0.2, 0) is 19.2 Å². The first-order chi connectivity index (χ1) is 10.1. The average molecular weight is 335 g/mol. The number of hydrogen-bond acceptors (Lipinski definition) is 5. The number of carboxylic acids is 3. The number of hydrogen-bond donors (Lipinski definition) is 6. The summed E-state index contributed by atoms with van der Waals surface area (Å²) < 4.78 is 0. The molecule has 0 saturated carbocycles. The third kappa shape index (κ3) is 8.68. The Morgan fingerprint density at radius 2 is 1.32 bits per heavy atom. The van der Waals surface area contributed by atoms with Crippen LogP contribution in [-0.4, -0.2) is 56.3 Å². The maximum Gasteiger partial charge on any atom is 0.326 e. The average Bonchev–Trinajstić information content (AvgIpc) is 2.38. The molecule has 0 saturated heterocycles. The molecule has 0 rings (SSSR count). The summed E-state index contributed by atoms with van der Waals surface area (Å²) in [6, 6.07) is -2.50. The van der Waals surface area contributed by atoms with E-state index >= 15 is 0 Å². The molecule has 0 aromatic carbocycles. The summed E-state index contributed by atoms with van der Waals surface area (Å²) in [4.78, 5) is 43.0. The van der Waals surface area contributed by atoms with Gasteiger partial charge in [0.25, 0.3) is 0 Å². The number of carbonyl (C=O) groups is 4. The standard InChI is InChI=1S/C11H17N3O7S/c12-7(15)3-1-5(9(18)19)13-11(22)14-6(10(20)21)2-4-8(16)17/h5-6H,1-4H2,(H2,12,15)(H,16,17)(H,18,19)(H,20,21)(H2,13,14,22)/t5-,6-/m0/s1. The summed E-state index contributed by atoms with van der Waals surface area (Å²) in [7, 11) is 0. The van der Waals surface area contributed by atoms with Crippen LogP contribution in [0.1, 0.15) is 25.7 Å². The highest BCUT2D eigenvalue weighted by Gasteiger charge is 2.23. The Hall–Kier alpha value is -2.43. The first kappa shape index (κ1) is 19.6. The number of aliphatic carboxylic acids is 3. The van der Waals surface area contributed by atoms with E-state index in [-0.39, 0.29) is 24.4 Å². The van der Waals surface area contributed by atoms with E-state index in [1.807, 2.05) is 0 Å². The van der Waals surface area contributed by atoms with Crippen molar-refractivity contribution in [3.8, 4) is 0 Å². The predicted molar refractivity (Wildman–Crippen MR) is 77.0 cm³/mol.